The molecule has 0 saturated heterocycles. The van der Waals surface area contributed by atoms with E-state index in [1.54, 1.807) is 10.9 Å². The Balaban J connectivity index is 1.74. The number of hydrogen-bond acceptors (Lipinski definition) is 4. The van der Waals surface area contributed by atoms with Gasteiger partial charge >= 0.3 is 0 Å². The van der Waals surface area contributed by atoms with Gasteiger partial charge in [-0.2, -0.15) is 0 Å². The Morgan fingerprint density at radius 3 is 2.15 bits per heavy atom. The standard InChI is InChI=1S/C28H23N5O/c1-17-13-18(2)15-21(14-17)33-26-24(25-27(33)31-23-12-8-7-11-22(23)30-25)28(34)32(16-29-26)19(3)20-9-5-4-6-10-20/h4-16,19H,1-3H3/t19-/m0/s1. The van der Waals surface area contributed by atoms with Crippen LogP contribution < -0.4 is 5.56 Å². The molecule has 0 aliphatic carbocycles. The molecule has 0 spiro atoms. The molecule has 0 aliphatic rings. The first-order valence-electron chi connectivity index (χ1n) is 11.3. The molecule has 3 aromatic heterocycles. The molecule has 3 aromatic carbocycles. The van der Waals surface area contributed by atoms with E-state index in [1.807, 2.05) is 66.1 Å². The van der Waals surface area contributed by atoms with Gasteiger partial charge in [-0.15, -0.1) is 0 Å². The zero-order chi connectivity index (χ0) is 23.4. The van der Waals surface area contributed by atoms with Crippen molar-refractivity contribution in [3.8, 4) is 5.69 Å². The van der Waals surface area contributed by atoms with Gasteiger partial charge in [0.25, 0.3) is 5.56 Å². The number of rotatable bonds is 3. The van der Waals surface area contributed by atoms with Gasteiger partial charge in [-0.25, -0.2) is 15.0 Å². The number of aryl methyl sites for hydroxylation is 2. The largest absolute Gasteiger partial charge is 0.291 e. The van der Waals surface area contributed by atoms with Crippen LogP contribution in [-0.4, -0.2) is 24.1 Å². The third-order valence-electron chi connectivity index (χ3n) is 6.35. The van der Waals surface area contributed by atoms with Crippen LogP contribution in [0.4, 0.5) is 0 Å². The average molecular weight is 446 g/mol. The molecule has 6 aromatic rings. The maximum atomic E-state index is 13.9. The average Bonchev–Trinajstić information content (AvgIpc) is 3.16. The van der Waals surface area contributed by atoms with Crippen LogP contribution in [0.25, 0.3) is 38.9 Å². The zero-order valence-corrected chi connectivity index (χ0v) is 19.2. The lowest BCUT2D eigenvalue weighted by molar-refractivity contribution is 0.608. The third kappa shape index (κ3) is 3.10. The van der Waals surface area contributed by atoms with Gasteiger partial charge in [0.15, 0.2) is 11.3 Å². The highest BCUT2D eigenvalue weighted by Crippen LogP contribution is 2.29. The van der Waals surface area contributed by atoms with Crippen LogP contribution >= 0.6 is 0 Å². The highest BCUT2D eigenvalue weighted by atomic mass is 16.1. The molecule has 166 valence electrons. The summed E-state index contributed by atoms with van der Waals surface area (Å²) in [6.07, 6.45) is 1.64. The van der Waals surface area contributed by atoms with Gasteiger partial charge < -0.3 is 0 Å². The van der Waals surface area contributed by atoms with Crippen LogP contribution in [0.15, 0.2) is 83.9 Å². The van der Waals surface area contributed by atoms with Crippen LogP contribution in [0.3, 0.4) is 0 Å². The normalized spacial score (nSPS) is 12.6. The number of para-hydroxylation sites is 2. The van der Waals surface area contributed by atoms with E-state index in [-0.39, 0.29) is 11.6 Å². The second-order valence-corrected chi connectivity index (χ2v) is 8.81. The Morgan fingerprint density at radius 2 is 1.44 bits per heavy atom. The Hall–Kier alpha value is -4.32. The first-order chi connectivity index (χ1) is 16.5. The molecule has 34 heavy (non-hydrogen) atoms. The molecular weight excluding hydrogens is 422 g/mol. The van der Waals surface area contributed by atoms with Crippen LogP contribution in [0.5, 0.6) is 0 Å². The number of benzene rings is 3. The summed E-state index contributed by atoms with van der Waals surface area (Å²) in [5, 5.41) is 0.484. The first-order valence-corrected chi connectivity index (χ1v) is 11.3. The highest BCUT2D eigenvalue weighted by Gasteiger charge is 2.22. The molecule has 0 fully saturated rings. The van der Waals surface area contributed by atoms with E-state index in [0.717, 1.165) is 33.4 Å². The van der Waals surface area contributed by atoms with Crippen molar-refractivity contribution in [3.05, 3.63) is 106 Å². The summed E-state index contributed by atoms with van der Waals surface area (Å²) in [7, 11) is 0. The third-order valence-corrected chi connectivity index (χ3v) is 6.35. The van der Waals surface area contributed by atoms with E-state index in [0.29, 0.717) is 22.2 Å². The van der Waals surface area contributed by atoms with E-state index >= 15 is 0 Å². The van der Waals surface area contributed by atoms with Gasteiger partial charge in [0.2, 0.25) is 0 Å². The van der Waals surface area contributed by atoms with E-state index < -0.39 is 0 Å². The number of nitrogens with zero attached hydrogens (tertiary/aromatic N) is 5. The van der Waals surface area contributed by atoms with E-state index in [4.69, 9.17) is 15.0 Å². The van der Waals surface area contributed by atoms with Gasteiger partial charge in [-0.3, -0.25) is 13.9 Å². The molecule has 6 rings (SSSR count). The summed E-state index contributed by atoms with van der Waals surface area (Å²) in [6.45, 7) is 6.13. The van der Waals surface area contributed by atoms with E-state index in [2.05, 4.69) is 32.0 Å². The zero-order valence-electron chi connectivity index (χ0n) is 19.2. The topological polar surface area (TPSA) is 65.6 Å². The summed E-state index contributed by atoms with van der Waals surface area (Å²) in [6, 6.07) is 23.8. The molecule has 0 aliphatic heterocycles. The van der Waals surface area contributed by atoms with Crippen molar-refractivity contribution in [1.82, 2.24) is 24.1 Å². The minimum Gasteiger partial charge on any atom is -0.291 e. The number of fused-ring (bicyclic) bond motifs is 4. The maximum absolute atomic E-state index is 13.9. The Bertz CT molecular complexity index is 1750. The maximum Gasteiger partial charge on any atom is 0.265 e. The summed E-state index contributed by atoms with van der Waals surface area (Å²) in [5.41, 5.74) is 7.39. The number of aromatic nitrogens is 5. The van der Waals surface area contributed by atoms with Crippen molar-refractivity contribution in [2.75, 3.05) is 0 Å². The molecule has 0 N–H and O–H groups in total. The van der Waals surface area contributed by atoms with Gasteiger partial charge in [-0.05, 0) is 61.7 Å². The lowest BCUT2D eigenvalue weighted by Crippen LogP contribution is -2.24. The summed E-state index contributed by atoms with van der Waals surface area (Å²) in [4.78, 5) is 28.5. The van der Waals surface area contributed by atoms with Crippen molar-refractivity contribution >= 4 is 33.2 Å². The second kappa shape index (κ2) is 7.63. The predicted octanol–water partition coefficient (Wildman–Crippen LogP) is 5.51. The molecule has 6 nitrogen and oxygen atoms in total. The minimum absolute atomic E-state index is 0.126. The van der Waals surface area contributed by atoms with Gasteiger partial charge in [-0.1, -0.05) is 48.5 Å². The Morgan fingerprint density at radius 1 is 0.794 bits per heavy atom. The van der Waals surface area contributed by atoms with Crippen molar-refractivity contribution in [2.24, 2.45) is 0 Å². The highest BCUT2D eigenvalue weighted by molar-refractivity contribution is 6.05. The Kier molecular flexibility index (Phi) is 4.55. The minimum atomic E-state index is -0.168. The van der Waals surface area contributed by atoms with Gasteiger partial charge in [0.05, 0.1) is 17.1 Å². The first kappa shape index (κ1) is 20.3. The predicted molar refractivity (Wildman–Crippen MR) is 136 cm³/mol. The van der Waals surface area contributed by atoms with Crippen molar-refractivity contribution in [2.45, 2.75) is 26.8 Å². The van der Waals surface area contributed by atoms with Crippen LogP contribution in [0, 0.1) is 13.8 Å². The fourth-order valence-corrected chi connectivity index (χ4v) is 4.74. The van der Waals surface area contributed by atoms with Crippen molar-refractivity contribution in [1.29, 1.82) is 0 Å². The van der Waals surface area contributed by atoms with Crippen molar-refractivity contribution in [3.63, 3.8) is 0 Å². The fraction of sp³-hybridized carbons (Fsp3) is 0.143. The van der Waals surface area contributed by atoms with Crippen LogP contribution in [0.1, 0.15) is 29.7 Å². The van der Waals surface area contributed by atoms with Gasteiger partial charge in [0.1, 0.15) is 17.2 Å². The quantitative estimate of drug-likeness (QED) is 0.360. The van der Waals surface area contributed by atoms with Crippen LogP contribution in [0.2, 0.25) is 0 Å². The lowest BCUT2D eigenvalue weighted by atomic mass is 10.1. The molecule has 1 atom stereocenters. The molecule has 0 bridgehead atoms. The monoisotopic (exact) mass is 445 g/mol. The molecule has 3 heterocycles. The van der Waals surface area contributed by atoms with Crippen LogP contribution in [-0.2, 0) is 0 Å². The molecule has 6 heteroatoms. The summed E-state index contributed by atoms with van der Waals surface area (Å²) < 4.78 is 3.64. The molecular formula is C28H23N5O. The fourth-order valence-electron chi connectivity index (χ4n) is 4.74. The Labute approximate surface area is 196 Å². The molecule has 0 saturated carbocycles. The molecule has 0 radical (unpaired) electrons. The second-order valence-electron chi connectivity index (χ2n) is 8.81. The lowest BCUT2D eigenvalue weighted by Gasteiger charge is -2.15. The van der Waals surface area contributed by atoms with Gasteiger partial charge in [0, 0.05) is 5.69 Å². The summed E-state index contributed by atoms with van der Waals surface area (Å²) >= 11 is 0. The van der Waals surface area contributed by atoms with E-state index in [9.17, 15) is 4.79 Å². The molecule has 0 amide bonds. The number of hydrogen-bond donors (Lipinski definition) is 0. The van der Waals surface area contributed by atoms with E-state index in [1.165, 1.54) is 0 Å². The van der Waals surface area contributed by atoms with Crippen molar-refractivity contribution < 1.29 is 0 Å². The smallest absolute Gasteiger partial charge is 0.265 e. The summed E-state index contributed by atoms with van der Waals surface area (Å²) in [5.74, 6) is 0. The molecule has 0 unspecified atom stereocenters. The SMILES string of the molecule is Cc1cc(C)cc(-n2c3nc4ccccc4nc3c3c(=O)n([C@@H](C)c4ccccc4)cnc32)c1.